The van der Waals surface area contributed by atoms with E-state index >= 15 is 0 Å². The summed E-state index contributed by atoms with van der Waals surface area (Å²) in [6.07, 6.45) is 1.58. The molecule has 18 heavy (non-hydrogen) atoms. The highest BCUT2D eigenvalue weighted by Crippen LogP contribution is 2.15. The summed E-state index contributed by atoms with van der Waals surface area (Å²) in [4.78, 5) is 4.30. The summed E-state index contributed by atoms with van der Waals surface area (Å²) in [5.41, 5.74) is 1.07. The van der Waals surface area contributed by atoms with Crippen molar-refractivity contribution in [2.75, 3.05) is 0 Å². The lowest BCUT2D eigenvalue weighted by molar-refractivity contribution is 0.415. The third kappa shape index (κ3) is 3.40. The molecule has 0 unspecified atom stereocenters. The van der Waals surface area contributed by atoms with E-state index < -0.39 is 0 Å². The minimum Gasteiger partial charge on any atom is -0.305 e. The van der Waals surface area contributed by atoms with Crippen LogP contribution < -0.4 is 5.32 Å². The standard InChI is InChI=1S/C13H17BrN4/c1-13(2,3)16-8-12-15-9-17-18(12)11-6-4-5-10(14)7-11/h4-7,9,16H,8H2,1-3H3. The number of nitrogens with one attached hydrogen (secondary N) is 1. The lowest BCUT2D eigenvalue weighted by Gasteiger charge is -2.20. The molecule has 96 valence electrons. The molecule has 0 saturated heterocycles. The molecule has 0 bridgehead atoms. The maximum absolute atomic E-state index is 4.30. The zero-order valence-corrected chi connectivity index (χ0v) is 12.4. The van der Waals surface area contributed by atoms with Crippen molar-refractivity contribution < 1.29 is 0 Å². The van der Waals surface area contributed by atoms with Gasteiger partial charge in [-0.25, -0.2) is 9.67 Å². The van der Waals surface area contributed by atoms with Gasteiger partial charge in [0, 0.05) is 10.0 Å². The molecule has 0 fully saturated rings. The molecule has 0 aliphatic heterocycles. The highest BCUT2D eigenvalue weighted by atomic mass is 79.9. The Morgan fingerprint density at radius 1 is 1.33 bits per heavy atom. The van der Waals surface area contributed by atoms with E-state index in [1.807, 2.05) is 28.9 Å². The Balaban J connectivity index is 2.23. The average molecular weight is 309 g/mol. The predicted octanol–water partition coefficient (Wildman–Crippen LogP) is 2.92. The molecule has 0 amide bonds. The Hall–Kier alpha value is -1.20. The Bertz CT molecular complexity index is 528. The van der Waals surface area contributed by atoms with E-state index in [1.54, 1.807) is 6.33 Å². The topological polar surface area (TPSA) is 42.7 Å². The molecule has 1 aromatic heterocycles. The number of hydrogen-bond donors (Lipinski definition) is 1. The molecule has 1 heterocycles. The van der Waals surface area contributed by atoms with E-state index in [2.05, 4.69) is 52.1 Å². The van der Waals surface area contributed by atoms with E-state index in [-0.39, 0.29) is 5.54 Å². The van der Waals surface area contributed by atoms with Gasteiger partial charge in [-0.15, -0.1) is 0 Å². The van der Waals surface area contributed by atoms with Gasteiger partial charge >= 0.3 is 0 Å². The van der Waals surface area contributed by atoms with Gasteiger partial charge in [0.15, 0.2) is 0 Å². The van der Waals surface area contributed by atoms with Gasteiger partial charge in [0.05, 0.1) is 12.2 Å². The maximum Gasteiger partial charge on any atom is 0.146 e. The van der Waals surface area contributed by atoms with Crippen LogP contribution in [0.2, 0.25) is 0 Å². The van der Waals surface area contributed by atoms with E-state index in [0.717, 1.165) is 16.0 Å². The van der Waals surface area contributed by atoms with Crippen LogP contribution in [0.25, 0.3) is 5.69 Å². The fourth-order valence-corrected chi connectivity index (χ4v) is 1.94. The van der Waals surface area contributed by atoms with E-state index in [1.165, 1.54) is 0 Å². The molecule has 0 aliphatic rings. The lowest BCUT2D eigenvalue weighted by Crippen LogP contribution is -2.35. The lowest BCUT2D eigenvalue weighted by atomic mass is 10.1. The van der Waals surface area contributed by atoms with Crippen LogP contribution in [0, 0.1) is 0 Å². The summed E-state index contributed by atoms with van der Waals surface area (Å²) < 4.78 is 2.88. The van der Waals surface area contributed by atoms with Crippen molar-refractivity contribution in [1.82, 2.24) is 20.1 Å². The minimum absolute atomic E-state index is 0.0635. The van der Waals surface area contributed by atoms with Gasteiger partial charge in [-0.05, 0) is 39.0 Å². The largest absolute Gasteiger partial charge is 0.305 e. The molecule has 0 atom stereocenters. The van der Waals surface area contributed by atoms with Crippen molar-refractivity contribution in [2.24, 2.45) is 0 Å². The van der Waals surface area contributed by atoms with Gasteiger partial charge in [0.2, 0.25) is 0 Å². The maximum atomic E-state index is 4.30. The SMILES string of the molecule is CC(C)(C)NCc1ncnn1-c1cccc(Br)c1. The predicted molar refractivity (Wildman–Crippen MR) is 75.7 cm³/mol. The second-order valence-corrected chi connectivity index (χ2v) is 6.09. The third-order valence-corrected chi connectivity index (χ3v) is 2.94. The van der Waals surface area contributed by atoms with Crippen LogP contribution in [0.15, 0.2) is 35.1 Å². The number of benzene rings is 1. The molecule has 5 heteroatoms. The summed E-state index contributed by atoms with van der Waals surface area (Å²) in [6, 6.07) is 8.02. The first-order valence-corrected chi connectivity index (χ1v) is 6.65. The second kappa shape index (κ2) is 5.20. The van der Waals surface area contributed by atoms with Crippen LogP contribution in [0.1, 0.15) is 26.6 Å². The van der Waals surface area contributed by atoms with Crippen LogP contribution in [0.5, 0.6) is 0 Å². The number of rotatable bonds is 3. The quantitative estimate of drug-likeness (QED) is 0.948. The van der Waals surface area contributed by atoms with Gasteiger partial charge in [-0.2, -0.15) is 5.10 Å². The van der Waals surface area contributed by atoms with Crippen LogP contribution in [0.3, 0.4) is 0 Å². The molecular formula is C13H17BrN4. The molecule has 0 saturated carbocycles. The Morgan fingerprint density at radius 3 is 2.78 bits per heavy atom. The number of nitrogens with zero attached hydrogens (tertiary/aromatic N) is 3. The average Bonchev–Trinajstić information content (AvgIpc) is 2.73. The summed E-state index contributed by atoms with van der Waals surface area (Å²) in [5.74, 6) is 0.906. The number of hydrogen-bond acceptors (Lipinski definition) is 3. The van der Waals surface area contributed by atoms with Gasteiger partial charge in [-0.1, -0.05) is 22.0 Å². The molecule has 2 aromatic rings. The molecule has 0 aliphatic carbocycles. The first-order valence-electron chi connectivity index (χ1n) is 5.85. The van der Waals surface area contributed by atoms with E-state index in [4.69, 9.17) is 0 Å². The normalized spacial score (nSPS) is 11.8. The van der Waals surface area contributed by atoms with Gasteiger partial charge in [0.25, 0.3) is 0 Å². The summed E-state index contributed by atoms with van der Waals surface area (Å²) in [6.45, 7) is 7.09. The Kier molecular flexibility index (Phi) is 3.82. The monoisotopic (exact) mass is 308 g/mol. The molecule has 2 rings (SSSR count). The van der Waals surface area contributed by atoms with Crippen LogP contribution >= 0.6 is 15.9 Å². The van der Waals surface area contributed by atoms with Gasteiger partial charge in [0.1, 0.15) is 12.2 Å². The van der Waals surface area contributed by atoms with Crippen molar-refractivity contribution in [3.8, 4) is 5.69 Å². The third-order valence-electron chi connectivity index (χ3n) is 2.45. The zero-order chi connectivity index (χ0) is 13.2. The van der Waals surface area contributed by atoms with Gasteiger partial charge in [-0.3, -0.25) is 0 Å². The van der Waals surface area contributed by atoms with Crippen molar-refractivity contribution in [3.05, 3.63) is 40.9 Å². The molecule has 0 spiro atoms. The van der Waals surface area contributed by atoms with Crippen molar-refractivity contribution in [2.45, 2.75) is 32.9 Å². The Labute approximate surface area is 116 Å². The molecule has 0 radical (unpaired) electrons. The van der Waals surface area contributed by atoms with Crippen molar-refractivity contribution in [1.29, 1.82) is 0 Å². The smallest absolute Gasteiger partial charge is 0.146 e. The summed E-state index contributed by atoms with van der Waals surface area (Å²) in [5, 5.41) is 7.69. The van der Waals surface area contributed by atoms with E-state index in [0.29, 0.717) is 6.54 Å². The first-order chi connectivity index (χ1) is 8.46. The molecule has 1 aromatic carbocycles. The fraction of sp³-hybridized carbons (Fsp3) is 0.385. The van der Waals surface area contributed by atoms with Crippen LogP contribution in [-0.2, 0) is 6.54 Å². The first kappa shape index (κ1) is 13.2. The Morgan fingerprint density at radius 2 is 2.11 bits per heavy atom. The molecular weight excluding hydrogens is 292 g/mol. The molecule has 1 N–H and O–H groups in total. The van der Waals surface area contributed by atoms with Crippen LogP contribution in [0.4, 0.5) is 0 Å². The fourth-order valence-electron chi connectivity index (χ4n) is 1.55. The van der Waals surface area contributed by atoms with Crippen LogP contribution in [-0.4, -0.2) is 20.3 Å². The second-order valence-electron chi connectivity index (χ2n) is 5.17. The van der Waals surface area contributed by atoms with Gasteiger partial charge < -0.3 is 5.32 Å². The highest BCUT2D eigenvalue weighted by Gasteiger charge is 2.12. The summed E-state index contributed by atoms with van der Waals surface area (Å²) in [7, 11) is 0. The van der Waals surface area contributed by atoms with Crippen molar-refractivity contribution in [3.63, 3.8) is 0 Å². The van der Waals surface area contributed by atoms with Crippen molar-refractivity contribution >= 4 is 15.9 Å². The van der Waals surface area contributed by atoms with E-state index in [9.17, 15) is 0 Å². The molecule has 4 nitrogen and oxygen atoms in total. The highest BCUT2D eigenvalue weighted by molar-refractivity contribution is 9.10. The minimum atomic E-state index is 0.0635. The zero-order valence-electron chi connectivity index (χ0n) is 10.8. The summed E-state index contributed by atoms with van der Waals surface area (Å²) >= 11 is 3.47. The number of aromatic nitrogens is 3. The number of halogens is 1.